The number of fused-ring (bicyclic) bond motifs is 2. The first-order chi connectivity index (χ1) is 21.0. The van der Waals surface area contributed by atoms with Gasteiger partial charge in [0.05, 0.1) is 0 Å². The zero-order chi connectivity index (χ0) is 30.2. The van der Waals surface area contributed by atoms with E-state index in [-0.39, 0.29) is 5.41 Å². The molecule has 0 saturated heterocycles. The van der Waals surface area contributed by atoms with Gasteiger partial charge in [-0.3, -0.25) is 0 Å². The Morgan fingerprint density at radius 2 is 0.674 bits per heavy atom. The van der Waals surface area contributed by atoms with E-state index in [0.29, 0.717) is 0 Å². The van der Waals surface area contributed by atoms with Gasteiger partial charge in [-0.1, -0.05) is 161 Å². The normalized spacial score (nSPS) is 12.4. The van der Waals surface area contributed by atoms with Crippen LogP contribution in [0.3, 0.4) is 0 Å². The number of para-hydroxylation sites is 2. The predicted octanol–water partition coefficient (Wildman–Crippen LogP) is 11.8. The maximum atomic E-state index is 2.30. The molecule has 0 spiro atoms. The van der Waals surface area contributed by atoms with Gasteiger partial charge < -0.3 is 4.90 Å². The first-order valence-electron chi connectivity index (χ1n) is 15.3. The second kappa shape index (κ2) is 13.4. The summed E-state index contributed by atoms with van der Waals surface area (Å²) in [5, 5.41) is 0. The van der Waals surface area contributed by atoms with E-state index in [2.05, 4.69) is 184 Å². The second-order valence-electron chi connectivity index (χ2n) is 11.1. The van der Waals surface area contributed by atoms with Crippen LogP contribution >= 0.6 is 0 Å². The van der Waals surface area contributed by atoms with Gasteiger partial charge in [0.25, 0.3) is 0 Å². The smallest absolute Gasteiger partial charge is 0.0449 e. The summed E-state index contributed by atoms with van der Waals surface area (Å²) >= 11 is 0. The Morgan fingerprint density at radius 1 is 0.372 bits per heavy atom. The lowest BCUT2D eigenvalue weighted by Crippen LogP contribution is -2.30. The lowest BCUT2D eigenvalue weighted by molar-refractivity contribution is 0.629. The first-order valence-corrected chi connectivity index (χ1v) is 15.3. The number of hydrogen-bond acceptors (Lipinski definition) is 1. The Morgan fingerprint density at radius 3 is 1.07 bits per heavy atom. The minimum absolute atomic E-state index is 0.0830. The number of benzene rings is 6. The quantitative estimate of drug-likeness (QED) is 0.208. The molecule has 0 unspecified atom stereocenters. The van der Waals surface area contributed by atoms with Crippen molar-refractivity contribution in [1.82, 2.24) is 0 Å². The summed E-state index contributed by atoms with van der Waals surface area (Å²) in [5.41, 5.74) is 13.0. The van der Waals surface area contributed by atoms with Crippen LogP contribution in [-0.2, 0) is 5.41 Å². The topological polar surface area (TPSA) is 3.24 Å². The highest BCUT2D eigenvalue weighted by Gasteiger charge is 2.34. The molecule has 0 N–H and O–H groups in total. The number of nitrogens with zero attached hydrogens (tertiary/aromatic N) is 1. The fourth-order valence-electron chi connectivity index (χ4n) is 5.88. The maximum Gasteiger partial charge on any atom is 0.0449 e. The summed E-state index contributed by atoms with van der Waals surface area (Å²) in [7, 11) is 2.15. The SMILES string of the molecule is CC.CN1c2ccccc2C(C)(C)c2ccccc21.c1ccc(-c2cccc(-c3cccc(-c4ccccc4)c3)c2)cc1. The van der Waals surface area contributed by atoms with Crippen molar-refractivity contribution in [3.05, 3.63) is 169 Å². The van der Waals surface area contributed by atoms with Gasteiger partial charge in [-0.25, -0.2) is 0 Å². The van der Waals surface area contributed by atoms with Crippen molar-refractivity contribution in [3.63, 3.8) is 0 Å². The van der Waals surface area contributed by atoms with Gasteiger partial charge in [0.2, 0.25) is 0 Å². The molecule has 6 aromatic rings. The molecule has 6 aromatic carbocycles. The standard InChI is InChI=1S/C24H18.C16H17N.C2H6/c1-3-9-19(10-4-1)21-13-7-15-23(17-21)24-16-8-14-22(18-24)20-11-5-2-6-12-20;1-16(2)12-8-4-6-10-14(12)17(3)15-11-7-5-9-13(15)16;1-2/h1-18H;4-11H,1-3H3;1-2H3. The highest BCUT2D eigenvalue weighted by atomic mass is 15.1. The minimum atomic E-state index is 0.0830. The number of rotatable bonds is 3. The molecule has 0 aromatic heterocycles. The highest BCUT2D eigenvalue weighted by molar-refractivity contribution is 5.78. The number of hydrogen-bond donors (Lipinski definition) is 0. The third kappa shape index (κ3) is 6.32. The van der Waals surface area contributed by atoms with Crippen molar-refractivity contribution in [2.24, 2.45) is 0 Å². The van der Waals surface area contributed by atoms with E-state index in [0.717, 1.165) is 0 Å². The van der Waals surface area contributed by atoms with Crippen LogP contribution in [0, 0.1) is 0 Å². The molecule has 1 heterocycles. The molecule has 1 nitrogen and oxygen atoms in total. The van der Waals surface area contributed by atoms with Gasteiger partial charge in [-0.2, -0.15) is 0 Å². The van der Waals surface area contributed by atoms with Crippen LogP contribution in [0.1, 0.15) is 38.8 Å². The van der Waals surface area contributed by atoms with Crippen LogP contribution in [0.25, 0.3) is 33.4 Å². The van der Waals surface area contributed by atoms with E-state index in [4.69, 9.17) is 0 Å². The van der Waals surface area contributed by atoms with Gasteiger partial charge in [-0.05, 0) is 68.8 Å². The van der Waals surface area contributed by atoms with Crippen LogP contribution in [0.15, 0.2) is 158 Å². The largest absolute Gasteiger partial charge is 0.344 e. The molecule has 0 amide bonds. The molecule has 214 valence electrons. The van der Waals surface area contributed by atoms with E-state index in [1.165, 1.54) is 55.9 Å². The average Bonchev–Trinajstić information content (AvgIpc) is 3.09. The Bertz CT molecular complexity index is 1640. The molecule has 43 heavy (non-hydrogen) atoms. The molecule has 1 aliphatic rings. The molecule has 0 saturated carbocycles. The minimum Gasteiger partial charge on any atom is -0.344 e. The van der Waals surface area contributed by atoms with Crippen LogP contribution in [0.2, 0.25) is 0 Å². The number of anilines is 2. The van der Waals surface area contributed by atoms with Crippen LogP contribution in [0.5, 0.6) is 0 Å². The summed E-state index contributed by atoms with van der Waals surface area (Å²) in [4.78, 5) is 2.29. The molecule has 0 aliphatic carbocycles. The van der Waals surface area contributed by atoms with Gasteiger partial charge in [-0.15, -0.1) is 0 Å². The molecular formula is C42H41N. The van der Waals surface area contributed by atoms with Crippen molar-refractivity contribution in [3.8, 4) is 33.4 Å². The first kappa shape index (κ1) is 29.6. The Balaban J connectivity index is 0.000000170. The summed E-state index contributed by atoms with van der Waals surface area (Å²) < 4.78 is 0. The molecule has 0 bridgehead atoms. The van der Waals surface area contributed by atoms with E-state index >= 15 is 0 Å². The average molecular weight is 560 g/mol. The Kier molecular flexibility index (Phi) is 9.23. The molecule has 1 heteroatoms. The lowest BCUT2D eigenvalue weighted by atomic mass is 9.74. The fraction of sp³-hybridized carbons (Fsp3) is 0.143. The van der Waals surface area contributed by atoms with Crippen molar-refractivity contribution < 1.29 is 0 Å². The maximum absolute atomic E-state index is 2.30. The van der Waals surface area contributed by atoms with Crippen molar-refractivity contribution in [2.75, 3.05) is 11.9 Å². The molecule has 0 fully saturated rings. The molecule has 7 rings (SSSR count). The zero-order valence-electron chi connectivity index (χ0n) is 26.0. The molecule has 0 radical (unpaired) electrons. The van der Waals surface area contributed by atoms with Crippen LogP contribution in [0.4, 0.5) is 11.4 Å². The van der Waals surface area contributed by atoms with E-state index < -0.39 is 0 Å². The van der Waals surface area contributed by atoms with Crippen LogP contribution < -0.4 is 4.90 Å². The van der Waals surface area contributed by atoms with Gasteiger partial charge in [0, 0.05) is 23.8 Å². The lowest BCUT2D eigenvalue weighted by Gasteiger charge is -2.40. The molecule has 1 aliphatic heterocycles. The third-order valence-electron chi connectivity index (χ3n) is 8.15. The highest BCUT2D eigenvalue weighted by Crippen LogP contribution is 2.47. The van der Waals surface area contributed by atoms with Crippen molar-refractivity contribution in [2.45, 2.75) is 33.1 Å². The summed E-state index contributed by atoms with van der Waals surface area (Å²) in [6.07, 6.45) is 0. The molecular weight excluding hydrogens is 518 g/mol. The third-order valence-corrected chi connectivity index (χ3v) is 8.15. The zero-order valence-corrected chi connectivity index (χ0v) is 26.0. The molecule has 0 atom stereocenters. The second-order valence-corrected chi connectivity index (χ2v) is 11.1. The van der Waals surface area contributed by atoms with E-state index in [9.17, 15) is 0 Å². The monoisotopic (exact) mass is 559 g/mol. The van der Waals surface area contributed by atoms with Gasteiger partial charge >= 0.3 is 0 Å². The predicted molar refractivity (Wildman–Crippen MR) is 187 cm³/mol. The van der Waals surface area contributed by atoms with Gasteiger partial charge in [0.15, 0.2) is 0 Å². The fourth-order valence-corrected chi connectivity index (χ4v) is 5.88. The van der Waals surface area contributed by atoms with Gasteiger partial charge in [0.1, 0.15) is 0 Å². The van der Waals surface area contributed by atoms with E-state index in [1.807, 2.05) is 13.8 Å². The Hall–Kier alpha value is -4.88. The summed E-state index contributed by atoms with van der Waals surface area (Å²) in [5.74, 6) is 0. The summed E-state index contributed by atoms with van der Waals surface area (Å²) in [6, 6.07) is 55.9. The Labute approximate surface area is 258 Å². The van der Waals surface area contributed by atoms with Crippen molar-refractivity contribution >= 4 is 11.4 Å². The van der Waals surface area contributed by atoms with Crippen molar-refractivity contribution in [1.29, 1.82) is 0 Å². The van der Waals surface area contributed by atoms with E-state index in [1.54, 1.807) is 0 Å². The summed E-state index contributed by atoms with van der Waals surface area (Å²) in [6.45, 7) is 8.61. The van der Waals surface area contributed by atoms with Crippen LogP contribution in [-0.4, -0.2) is 7.05 Å².